The fraction of sp³-hybridized carbons (Fsp3) is 0.0435. The molecule has 6 heteroatoms. The van der Waals surface area contributed by atoms with E-state index in [4.69, 9.17) is 16.3 Å². The lowest BCUT2D eigenvalue weighted by molar-refractivity contribution is 0.0471. The number of para-hydroxylation sites is 1. The minimum Gasteiger partial charge on any atom is -0.457 e. The molecule has 0 saturated heterocycles. The molecule has 1 heterocycles. The lowest BCUT2D eigenvalue weighted by atomic mass is 10.0. The van der Waals surface area contributed by atoms with Gasteiger partial charge in [0, 0.05) is 21.0 Å². The van der Waals surface area contributed by atoms with Gasteiger partial charge >= 0.3 is 5.97 Å². The molecule has 0 bridgehead atoms. The van der Waals surface area contributed by atoms with Crippen LogP contribution in [-0.2, 0) is 11.3 Å². The Kier molecular flexibility index (Phi) is 5.60. The first-order valence-electron chi connectivity index (χ1n) is 8.78. The van der Waals surface area contributed by atoms with Crippen LogP contribution in [0.1, 0.15) is 15.9 Å². The first-order valence-corrected chi connectivity index (χ1v) is 9.96. The molecular weight excluding hydrogens is 457 g/mol. The predicted octanol–water partition coefficient (Wildman–Crippen LogP) is 6.81. The molecule has 1 aromatic heterocycles. The number of benzene rings is 3. The average molecular weight is 471 g/mol. The normalized spacial score (nSPS) is 10.9. The Hall–Kier alpha value is -2.76. The molecule has 29 heavy (non-hydrogen) atoms. The SMILES string of the molecule is O=C(OCc1c(F)cccc1Cl)c1cc(-c2ccc(Br)cc2)nc2ccccc12. The lowest BCUT2D eigenvalue weighted by Crippen LogP contribution is -2.08. The molecule has 0 spiro atoms. The molecule has 3 aromatic carbocycles. The maximum Gasteiger partial charge on any atom is 0.339 e. The number of halogens is 3. The van der Waals surface area contributed by atoms with Gasteiger partial charge in [0.15, 0.2) is 0 Å². The van der Waals surface area contributed by atoms with Crippen molar-refractivity contribution in [1.29, 1.82) is 0 Å². The molecule has 0 atom stereocenters. The van der Waals surface area contributed by atoms with E-state index in [2.05, 4.69) is 20.9 Å². The summed E-state index contributed by atoms with van der Waals surface area (Å²) < 4.78 is 20.3. The summed E-state index contributed by atoms with van der Waals surface area (Å²) in [4.78, 5) is 17.5. The average Bonchev–Trinajstić information content (AvgIpc) is 2.73. The third-order valence-corrected chi connectivity index (χ3v) is 5.37. The number of ether oxygens (including phenoxy) is 1. The van der Waals surface area contributed by atoms with Crippen molar-refractivity contribution in [3.63, 3.8) is 0 Å². The van der Waals surface area contributed by atoms with Gasteiger partial charge in [0.25, 0.3) is 0 Å². The molecule has 0 aliphatic carbocycles. The van der Waals surface area contributed by atoms with Crippen LogP contribution in [0.4, 0.5) is 4.39 Å². The highest BCUT2D eigenvalue weighted by molar-refractivity contribution is 9.10. The third-order valence-electron chi connectivity index (χ3n) is 4.49. The summed E-state index contributed by atoms with van der Waals surface area (Å²) in [5, 5.41) is 0.880. The summed E-state index contributed by atoms with van der Waals surface area (Å²) >= 11 is 9.44. The first kappa shape index (κ1) is 19.6. The molecular formula is C23H14BrClFNO2. The van der Waals surface area contributed by atoms with Crippen molar-refractivity contribution in [3.05, 3.63) is 99.2 Å². The second kappa shape index (κ2) is 8.31. The Morgan fingerprint density at radius 1 is 1.03 bits per heavy atom. The summed E-state index contributed by atoms with van der Waals surface area (Å²) in [7, 11) is 0. The second-order valence-electron chi connectivity index (χ2n) is 6.36. The van der Waals surface area contributed by atoms with Gasteiger partial charge in [-0.05, 0) is 36.4 Å². The highest BCUT2D eigenvalue weighted by atomic mass is 79.9. The van der Waals surface area contributed by atoms with Crippen molar-refractivity contribution < 1.29 is 13.9 Å². The molecule has 4 aromatic rings. The fourth-order valence-corrected chi connectivity index (χ4v) is 3.48. The van der Waals surface area contributed by atoms with Crippen LogP contribution in [0.15, 0.2) is 77.3 Å². The van der Waals surface area contributed by atoms with Crippen LogP contribution >= 0.6 is 27.5 Å². The maximum atomic E-state index is 14.0. The quantitative estimate of drug-likeness (QED) is 0.307. The summed E-state index contributed by atoms with van der Waals surface area (Å²) in [6, 6.07) is 21.0. The monoisotopic (exact) mass is 469 g/mol. The molecule has 0 radical (unpaired) electrons. The van der Waals surface area contributed by atoms with Crippen molar-refractivity contribution in [3.8, 4) is 11.3 Å². The predicted molar refractivity (Wildman–Crippen MR) is 115 cm³/mol. The number of carbonyl (C=O) groups excluding carboxylic acids is 1. The van der Waals surface area contributed by atoms with Crippen LogP contribution in [-0.4, -0.2) is 11.0 Å². The Morgan fingerprint density at radius 2 is 1.79 bits per heavy atom. The molecule has 0 amide bonds. The zero-order chi connectivity index (χ0) is 20.4. The van der Waals surface area contributed by atoms with Gasteiger partial charge in [-0.2, -0.15) is 0 Å². The lowest BCUT2D eigenvalue weighted by Gasteiger charge is -2.11. The smallest absolute Gasteiger partial charge is 0.339 e. The molecule has 4 rings (SSSR count). The summed E-state index contributed by atoms with van der Waals surface area (Å²) in [6.07, 6.45) is 0. The van der Waals surface area contributed by atoms with E-state index >= 15 is 0 Å². The highest BCUT2D eigenvalue weighted by Gasteiger charge is 2.17. The maximum absolute atomic E-state index is 14.0. The van der Waals surface area contributed by atoms with E-state index in [0.717, 1.165) is 10.0 Å². The van der Waals surface area contributed by atoms with Crippen molar-refractivity contribution in [2.24, 2.45) is 0 Å². The summed E-state index contributed by atoms with van der Waals surface area (Å²) in [5.41, 5.74) is 2.69. The zero-order valence-electron chi connectivity index (χ0n) is 15.0. The number of esters is 1. The van der Waals surface area contributed by atoms with E-state index in [1.807, 2.05) is 42.5 Å². The molecule has 0 saturated carbocycles. The molecule has 0 N–H and O–H groups in total. The van der Waals surface area contributed by atoms with Gasteiger partial charge in [-0.25, -0.2) is 14.2 Å². The number of nitrogens with zero attached hydrogens (tertiary/aromatic N) is 1. The molecule has 0 unspecified atom stereocenters. The van der Waals surface area contributed by atoms with Crippen molar-refractivity contribution in [2.75, 3.05) is 0 Å². The second-order valence-corrected chi connectivity index (χ2v) is 7.68. The highest BCUT2D eigenvalue weighted by Crippen LogP contribution is 2.27. The van der Waals surface area contributed by atoms with E-state index < -0.39 is 11.8 Å². The van der Waals surface area contributed by atoms with Gasteiger partial charge in [0.1, 0.15) is 12.4 Å². The van der Waals surface area contributed by atoms with Crippen LogP contribution in [0.2, 0.25) is 5.02 Å². The largest absolute Gasteiger partial charge is 0.457 e. The van der Waals surface area contributed by atoms with Crippen LogP contribution < -0.4 is 0 Å². The van der Waals surface area contributed by atoms with Crippen LogP contribution in [0.5, 0.6) is 0 Å². The molecule has 3 nitrogen and oxygen atoms in total. The van der Waals surface area contributed by atoms with E-state index in [1.54, 1.807) is 18.2 Å². The Labute approximate surface area is 180 Å². The van der Waals surface area contributed by atoms with Gasteiger partial charge < -0.3 is 4.74 Å². The van der Waals surface area contributed by atoms with Crippen molar-refractivity contribution in [1.82, 2.24) is 4.98 Å². The van der Waals surface area contributed by atoms with Gasteiger partial charge in [-0.3, -0.25) is 0 Å². The Bertz CT molecular complexity index is 1190. The van der Waals surface area contributed by atoms with E-state index in [0.29, 0.717) is 22.2 Å². The number of rotatable bonds is 4. The van der Waals surface area contributed by atoms with Crippen LogP contribution in [0.3, 0.4) is 0 Å². The molecule has 144 valence electrons. The number of hydrogen-bond donors (Lipinski definition) is 0. The van der Waals surface area contributed by atoms with Gasteiger partial charge in [-0.1, -0.05) is 63.9 Å². The summed E-state index contributed by atoms with van der Waals surface area (Å²) in [5.74, 6) is -1.08. The first-order chi connectivity index (χ1) is 14.0. The van der Waals surface area contributed by atoms with E-state index in [9.17, 15) is 9.18 Å². The number of fused-ring (bicyclic) bond motifs is 1. The topological polar surface area (TPSA) is 39.2 Å². The molecule has 0 aliphatic rings. The van der Waals surface area contributed by atoms with E-state index in [1.165, 1.54) is 12.1 Å². The number of carbonyl (C=O) groups is 1. The standard InChI is InChI=1S/C23H14BrClFNO2/c24-15-10-8-14(9-11-15)22-12-17(16-4-1-2-7-21(16)27-22)23(28)29-13-18-19(25)5-3-6-20(18)26/h1-12H,13H2. The fourth-order valence-electron chi connectivity index (χ4n) is 3.00. The molecule has 0 fully saturated rings. The Balaban J connectivity index is 1.72. The number of hydrogen-bond acceptors (Lipinski definition) is 3. The van der Waals surface area contributed by atoms with E-state index in [-0.39, 0.29) is 17.2 Å². The van der Waals surface area contributed by atoms with Crippen molar-refractivity contribution >= 4 is 44.4 Å². The Morgan fingerprint density at radius 3 is 2.55 bits per heavy atom. The third kappa shape index (κ3) is 4.16. The minimum atomic E-state index is -0.568. The minimum absolute atomic E-state index is 0.147. The van der Waals surface area contributed by atoms with Gasteiger partial charge in [0.05, 0.1) is 21.8 Å². The van der Waals surface area contributed by atoms with Crippen molar-refractivity contribution in [2.45, 2.75) is 6.61 Å². The summed E-state index contributed by atoms with van der Waals surface area (Å²) in [6.45, 7) is -0.255. The van der Waals surface area contributed by atoms with Gasteiger partial charge in [0.2, 0.25) is 0 Å². The van der Waals surface area contributed by atoms with Crippen LogP contribution in [0, 0.1) is 5.82 Å². The molecule has 0 aliphatic heterocycles. The number of pyridine rings is 1. The number of aromatic nitrogens is 1. The van der Waals surface area contributed by atoms with Gasteiger partial charge in [-0.15, -0.1) is 0 Å². The van der Waals surface area contributed by atoms with Crippen LogP contribution in [0.25, 0.3) is 22.2 Å². The zero-order valence-corrected chi connectivity index (χ0v) is 17.4.